The van der Waals surface area contributed by atoms with E-state index in [-0.39, 0.29) is 11.8 Å². The third-order valence-corrected chi connectivity index (χ3v) is 3.35. The number of benzene rings is 1. The highest BCUT2D eigenvalue weighted by Gasteiger charge is 2.17. The molecule has 1 aliphatic rings. The van der Waals surface area contributed by atoms with Crippen molar-refractivity contribution < 1.29 is 14.3 Å². The van der Waals surface area contributed by atoms with Crippen LogP contribution in [0.5, 0.6) is 0 Å². The molecule has 0 radical (unpaired) electrons. The highest BCUT2D eigenvalue weighted by Crippen LogP contribution is 2.11. The van der Waals surface area contributed by atoms with Crippen LogP contribution in [0.2, 0.25) is 0 Å². The number of carbonyl (C=O) groups excluding carboxylic acids is 2. The van der Waals surface area contributed by atoms with Gasteiger partial charge in [0.05, 0.1) is 25.7 Å². The molecule has 1 fully saturated rings. The zero-order valence-electron chi connectivity index (χ0n) is 12.2. The van der Waals surface area contributed by atoms with E-state index in [2.05, 4.69) is 5.32 Å². The Morgan fingerprint density at radius 2 is 1.90 bits per heavy atom. The van der Waals surface area contributed by atoms with Crippen LogP contribution in [-0.4, -0.2) is 49.1 Å². The standard InChI is InChI=1S/C15H21N3O3/c1-11(16)15(20)17-13-4-2-12(3-5-13)10-14(19)18-6-8-21-9-7-18/h2-5,11H,6-10,16H2,1H3,(H,17,20)/t11-/m0/s1. The number of nitrogens with one attached hydrogen (secondary N) is 1. The molecule has 0 spiro atoms. The Kier molecular flexibility index (Phi) is 5.30. The van der Waals surface area contributed by atoms with Crippen molar-refractivity contribution in [2.45, 2.75) is 19.4 Å². The largest absolute Gasteiger partial charge is 0.378 e. The summed E-state index contributed by atoms with van der Waals surface area (Å²) in [5.74, 6) is -0.127. The molecule has 0 unspecified atom stereocenters. The van der Waals surface area contributed by atoms with Gasteiger partial charge in [-0.1, -0.05) is 12.1 Å². The van der Waals surface area contributed by atoms with E-state index in [1.165, 1.54) is 0 Å². The molecule has 3 N–H and O–H groups in total. The lowest BCUT2D eigenvalue weighted by Gasteiger charge is -2.26. The maximum absolute atomic E-state index is 12.1. The Balaban J connectivity index is 1.89. The van der Waals surface area contributed by atoms with E-state index in [1.54, 1.807) is 19.1 Å². The first kappa shape index (κ1) is 15.5. The van der Waals surface area contributed by atoms with Crippen LogP contribution in [0.4, 0.5) is 5.69 Å². The SMILES string of the molecule is C[C@H](N)C(=O)Nc1ccc(CC(=O)N2CCOCC2)cc1. The summed E-state index contributed by atoms with van der Waals surface area (Å²) in [6.45, 7) is 4.15. The summed E-state index contributed by atoms with van der Waals surface area (Å²) in [6.07, 6.45) is 0.363. The quantitative estimate of drug-likeness (QED) is 0.839. The van der Waals surface area contributed by atoms with Gasteiger partial charge in [-0.25, -0.2) is 0 Å². The molecule has 0 bridgehead atoms. The van der Waals surface area contributed by atoms with Crippen LogP contribution in [-0.2, 0) is 20.7 Å². The number of nitrogens with zero attached hydrogens (tertiary/aromatic N) is 1. The van der Waals surface area contributed by atoms with Gasteiger partial charge in [-0.3, -0.25) is 9.59 Å². The summed E-state index contributed by atoms with van der Waals surface area (Å²) < 4.78 is 5.23. The molecule has 2 rings (SSSR count). The number of anilines is 1. The molecular weight excluding hydrogens is 270 g/mol. The number of morpholine rings is 1. The second-order valence-corrected chi connectivity index (χ2v) is 5.14. The summed E-state index contributed by atoms with van der Waals surface area (Å²) in [7, 11) is 0. The van der Waals surface area contributed by atoms with Gasteiger partial charge in [0.15, 0.2) is 0 Å². The third-order valence-electron chi connectivity index (χ3n) is 3.35. The van der Waals surface area contributed by atoms with Crippen LogP contribution < -0.4 is 11.1 Å². The van der Waals surface area contributed by atoms with E-state index in [4.69, 9.17) is 10.5 Å². The van der Waals surface area contributed by atoms with Crippen molar-refractivity contribution in [3.05, 3.63) is 29.8 Å². The first-order valence-corrected chi connectivity index (χ1v) is 7.07. The maximum Gasteiger partial charge on any atom is 0.240 e. The van der Waals surface area contributed by atoms with Crippen LogP contribution in [0.15, 0.2) is 24.3 Å². The second-order valence-electron chi connectivity index (χ2n) is 5.14. The van der Waals surface area contributed by atoms with E-state index in [0.29, 0.717) is 38.4 Å². The number of rotatable bonds is 4. The van der Waals surface area contributed by atoms with Crippen LogP contribution in [0.3, 0.4) is 0 Å². The van der Waals surface area contributed by atoms with Crippen molar-refractivity contribution in [1.29, 1.82) is 0 Å². The molecule has 1 aromatic carbocycles. The van der Waals surface area contributed by atoms with Gasteiger partial charge in [0.1, 0.15) is 0 Å². The fourth-order valence-corrected chi connectivity index (χ4v) is 2.06. The maximum atomic E-state index is 12.1. The van der Waals surface area contributed by atoms with E-state index in [0.717, 1.165) is 5.56 Å². The van der Waals surface area contributed by atoms with Crippen LogP contribution in [0.25, 0.3) is 0 Å². The Hall–Kier alpha value is -1.92. The molecule has 6 heteroatoms. The summed E-state index contributed by atoms with van der Waals surface area (Å²) in [5.41, 5.74) is 7.09. The molecule has 0 aliphatic carbocycles. The van der Waals surface area contributed by atoms with Crippen LogP contribution in [0.1, 0.15) is 12.5 Å². The van der Waals surface area contributed by atoms with Crippen molar-refractivity contribution in [1.82, 2.24) is 4.90 Å². The van der Waals surface area contributed by atoms with E-state index in [9.17, 15) is 9.59 Å². The third kappa shape index (κ3) is 4.54. The van der Waals surface area contributed by atoms with E-state index in [1.807, 2.05) is 17.0 Å². The van der Waals surface area contributed by atoms with Gasteiger partial charge in [0.2, 0.25) is 11.8 Å². The fraction of sp³-hybridized carbons (Fsp3) is 0.467. The zero-order chi connectivity index (χ0) is 15.2. The monoisotopic (exact) mass is 291 g/mol. The molecule has 1 heterocycles. The number of nitrogens with two attached hydrogens (primary N) is 1. The predicted molar refractivity (Wildman–Crippen MR) is 79.8 cm³/mol. The lowest BCUT2D eigenvalue weighted by atomic mass is 10.1. The fourth-order valence-electron chi connectivity index (χ4n) is 2.06. The van der Waals surface area contributed by atoms with Crippen molar-refractivity contribution in [2.24, 2.45) is 5.73 Å². The van der Waals surface area contributed by atoms with Gasteiger partial charge in [0, 0.05) is 18.8 Å². The Labute approximate surface area is 124 Å². The average molecular weight is 291 g/mol. The van der Waals surface area contributed by atoms with Gasteiger partial charge >= 0.3 is 0 Å². The Bertz CT molecular complexity index is 493. The molecule has 1 aromatic rings. The molecule has 114 valence electrons. The summed E-state index contributed by atoms with van der Waals surface area (Å²) in [6, 6.07) is 6.70. The Morgan fingerprint density at radius 1 is 1.29 bits per heavy atom. The first-order valence-electron chi connectivity index (χ1n) is 7.07. The van der Waals surface area contributed by atoms with Gasteiger partial charge in [-0.2, -0.15) is 0 Å². The minimum absolute atomic E-state index is 0.102. The van der Waals surface area contributed by atoms with Crippen molar-refractivity contribution >= 4 is 17.5 Å². The van der Waals surface area contributed by atoms with Gasteiger partial charge in [0.25, 0.3) is 0 Å². The summed E-state index contributed by atoms with van der Waals surface area (Å²) in [5, 5.41) is 2.71. The van der Waals surface area contributed by atoms with Gasteiger partial charge in [-0.05, 0) is 24.6 Å². The molecule has 1 aliphatic heterocycles. The predicted octanol–water partition coefficient (Wildman–Crippen LogP) is 0.374. The lowest BCUT2D eigenvalue weighted by Crippen LogP contribution is -2.41. The molecule has 0 saturated carbocycles. The summed E-state index contributed by atoms with van der Waals surface area (Å²) >= 11 is 0. The summed E-state index contributed by atoms with van der Waals surface area (Å²) in [4.78, 5) is 25.4. The highest BCUT2D eigenvalue weighted by atomic mass is 16.5. The smallest absolute Gasteiger partial charge is 0.240 e. The normalized spacial score (nSPS) is 16.4. The molecule has 0 aromatic heterocycles. The number of hydrogen-bond donors (Lipinski definition) is 2. The molecule has 6 nitrogen and oxygen atoms in total. The molecule has 2 amide bonds. The van der Waals surface area contributed by atoms with Crippen molar-refractivity contribution in [3.8, 4) is 0 Å². The number of carbonyl (C=O) groups is 2. The number of amides is 2. The van der Waals surface area contributed by atoms with Crippen LogP contribution in [0, 0.1) is 0 Å². The van der Waals surface area contributed by atoms with Crippen molar-refractivity contribution in [2.75, 3.05) is 31.6 Å². The number of hydrogen-bond acceptors (Lipinski definition) is 4. The second kappa shape index (κ2) is 7.19. The van der Waals surface area contributed by atoms with Crippen molar-refractivity contribution in [3.63, 3.8) is 0 Å². The molecular formula is C15H21N3O3. The lowest BCUT2D eigenvalue weighted by molar-refractivity contribution is -0.134. The molecule has 21 heavy (non-hydrogen) atoms. The minimum atomic E-state index is -0.549. The van der Waals surface area contributed by atoms with E-state index >= 15 is 0 Å². The molecule has 1 saturated heterocycles. The van der Waals surface area contributed by atoms with Gasteiger partial charge in [-0.15, -0.1) is 0 Å². The average Bonchev–Trinajstić information content (AvgIpc) is 2.50. The topological polar surface area (TPSA) is 84.7 Å². The minimum Gasteiger partial charge on any atom is -0.378 e. The van der Waals surface area contributed by atoms with Gasteiger partial charge < -0.3 is 20.7 Å². The first-order chi connectivity index (χ1) is 10.1. The molecule has 1 atom stereocenters. The zero-order valence-corrected chi connectivity index (χ0v) is 12.2. The van der Waals surface area contributed by atoms with E-state index < -0.39 is 6.04 Å². The highest BCUT2D eigenvalue weighted by molar-refractivity contribution is 5.94. The van der Waals surface area contributed by atoms with Crippen LogP contribution >= 0.6 is 0 Å². The number of ether oxygens (including phenoxy) is 1. The Morgan fingerprint density at radius 3 is 2.48 bits per heavy atom.